The molecule has 2 N–H and O–H groups in total. The third-order valence-corrected chi connectivity index (χ3v) is 3.82. The van der Waals surface area contributed by atoms with E-state index >= 15 is 0 Å². The smallest absolute Gasteiger partial charge is 0.161 e. The molecule has 0 aromatic heterocycles. The van der Waals surface area contributed by atoms with E-state index in [2.05, 4.69) is 13.0 Å². The first-order valence-electron chi connectivity index (χ1n) is 6.66. The average molecular weight is 279 g/mol. The molecule has 0 amide bonds. The number of ether oxygens (including phenoxy) is 2. The molecule has 0 radical (unpaired) electrons. The second-order valence-corrected chi connectivity index (χ2v) is 5.79. The number of thiocarbonyl (C=S) groups is 1. The minimum absolute atomic E-state index is 0.167. The van der Waals surface area contributed by atoms with E-state index in [4.69, 9.17) is 27.4 Å². The van der Waals surface area contributed by atoms with Gasteiger partial charge in [-0.3, -0.25) is 0 Å². The quantitative estimate of drug-likeness (QED) is 0.779. The summed E-state index contributed by atoms with van der Waals surface area (Å²) in [6, 6.07) is 6.09. The van der Waals surface area contributed by atoms with E-state index in [1.54, 1.807) is 7.11 Å². The van der Waals surface area contributed by atoms with Crippen LogP contribution < -0.4 is 15.2 Å². The van der Waals surface area contributed by atoms with Crippen molar-refractivity contribution < 1.29 is 9.47 Å². The van der Waals surface area contributed by atoms with Gasteiger partial charge in [0.05, 0.1) is 18.7 Å². The van der Waals surface area contributed by atoms with Crippen LogP contribution in [-0.4, -0.2) is 18.7 Å². The second-order valence-electron chi connectivity index (χ2n) is 5.27. The number of benzene rings is 1. The van der Waals surface area contributed by atoms with E-state index in [0.29, 0.717) is 11.6 Å². The number of aryl methyl sites for hydroxylation is 1. The number of rotatable bonds is 7. The summed E-state index contributed by atoms with van der Waals surface area (Å²) in [6.45, 7) is 2.78. The summed E-state index contributed by atoms with van der Waals surface area (Å²) in [5.41, 5.74) is 7.04. The summed E-state index contributed by atoms with van der Waals surface area (Å²) in [7, 11) is 1.67. The van der Waals surface area contributed by atoms with Crippen LogP contribution in [0.15, 0.2) is 18.2 Å². The first-order valence-corrected chi connectivity index (χ1v) is 7.07. The normalized spacial score (nSPS) is 15.9. The lowest BCUT2D eigenvalue weighted by atomic mass is 10.0. The van der Waals surface area contributed by atoms with Crippen molar-refractivity contribution in [1.82, 2.24) is 0 Å². The molecule has 0 aliphatic heterocycles. The summed E-state index contributed by atoms with van der Waals surface area (Å²) in [5, 5.41) is 0. The van der Waals surface area contributed by atoms with Crippen molar-refractivity contribution in [3.63, 3.8) is 0 Å². The maximum Gasteiger partial charge on any atom is 0.161 e. The predicted octanol–water partition coefficient (Wildman–Crippen LogP) is 3.09. The molecule has 4 heteroatoms. The van der Waals surface area contributed by atoms with Gasteiger partial charge in [0, 0.05) is 11.8 Å². The van der Waals surface area contributed by atoms with Crippen molar-refractivity contribution in [2.75, 3.05) is 13.7 Å². The highest BCUT2D eigenvalue weighted by Crippen LogP contribution is 2.49. The largest absolute Gasteiger partial charge is 0.493 e. The molecule has 1 aromatic rings. The minimum Gasteiger partial charge on any atom is -0.493 e. The molecule has 0 unspecified atom stereocenters. The van der Waals surface area contributed by atoms with Gasteiger partial charge in [0.15, 0.2) is 11.5 Å². The summed E-state index contributed by atoms with van der Waals surface area (Å²) in [6.07, 6.45) is 4.04. The summed E-state index contributed by atoms with van der Waals surface area (Å²) >= 11 is 4.99. The first-order chi connectivity index (χ1) is 9.08. The van der Waals surface area contributed by atoms with Gasteiger partial charge in [0.2, 0.25) is 0 Å². The number of nitrogens with two attached hydrogens (primary N) is 1. The van der Waals surface area contributed by atoms with E-state index in [1.165, 1.54) is 5.56 Å². The van der Waals surface area contributed by atoms with E-state index < -0.39 is 0 Å². The van der Waals surface area contributed by atoms with E-state index in [1.807, 2.05) is 12.1 Å². The molecule has 0 bridgehead atoms. The third-order valence-electron chi connectivity index (χ3n) is 3.68. The van der Waals surface area contributed by atoms with Crippen LogP contribution in [0.25, 0.3) is 0 Å². The standard InChI is InChI=1S/C15H21NO2S/c1-3-11-4-5-12(13(8-11)17-2)18-10-15(6-7-15)9-14(16)19/h4-5,8H,3,6-7,9-10H2,1-2H3,(H2,16,19). The number of methoxy groups -OCH3 is 1. The molecule has 0 spiro atoms. The molecule has 0 atom stereocenters. The van der Waals surface area contributed by atoms with Crippen LogP contribution in [-0.2, 0) is 6.42 Å². The highest BCUT2D eigenvalue weighted by atomic mass is 32.1. The van der Waals surface area contributed by atoms with Crippen LogP contribution in [0.5, 0.6) is 11.5 Å². The molecule has 1 fully saturated rings. The molecule has 2 rings (SSSR count). The van der Waals surface area contributed by atoms with Crippen LogP contribution in [0.4, 0.5) is 0 Å². The summed E-state index contributed by atoms with van der Waals surface area (Å²) < 4.78 is 11.3. The highest BCUT2D eigenvalue weighted by molar-refractivity contribution is 7.80. The molecule has 104 valence electrons. The topological polar surface area (TPSA) is 44.5 Å². The maximum atomic E-state index is 5.92. The second kappa shape index (κ2) is 5.78. The zero-order valence-electron chi connectivity index (χ0n) is 11.6. The lowest BCUT2D eigenvalue weighted by Gasteiger charge is -2.17. The van der Waals surface area contributed by atoms with Gasteiger partial charge in [-0.15, -0.1) is 0 Å². The van der Waals surface area contributed by atoms with Gasteiger partial charge in [0.1, 0.15) is 0 Å². The van der Waals surface area contributed by atoms with E-state index in [0.717, 1.165) is 37.2 Å². The molecule has 1 aliphatic carbocycles. The van der Waals surface area contributed by atoms with Crippen molar-refractivity contribution in [3.05, 3.63) is 23.8 Å². The Kier molecular flexibility index (Phi) is 4.30. The summed E-state index contributed by atoms with van der Waals surface area (Å²) in [4.78, 5) is 0.578. The van der Waals surface area contributed by atoms with Crippen LogP contribution >= 0.6 is 12.2 Å². The molecular formula is C15H21NO2S. The molecule has 1 aromatic carbocycles. The van der Waals surface area contributed by atoms with E-state index in [-0.39, 0.29) is 5.41 Å². The fourth-order valence-electron chi connectivity index (χ4n) is 2.20. The van der Waals surface area contributed by atoms with Crippen LogP contribution in [0.2, 0.25) is 0 Å². The van der Waals surface area contributed by atoms with Gasteiger partial charge in [-0.25, -0.2) is 0 Å². The van der Waals surface area contributed by atoms with Gasteiger partial charge in [-0.05, 0) is 37.0 Å². The zero-order chi connectivity index (χ0) is 13.9. The molecule has 19 heavy (non-hydrogen) atoms. The van der Waals surface area contributed by atoms with Gasteiger partial charge in [-0.1, -0.05) is 25.2 Å². The molecule has 0 heterocycles. The average Bonchev–Trinajstić information content (AvgIpc) is 3.15. The molecular weight excluding hydrogens is 258 g/mol. The Morgan fingerprint density at radius 2 is 2.11 bits per heavy atom. The van der Waals surface area contributed by atoms with Crippen molar-refractivity contribution >= 4 is 17.2 Å². The van der Waals surface area contributed by atoms with Crippen molar-refractivity contribution in [2.24, 2.45) is 11.1 Å². The first kappa shape index (κ1) is 14.1. The number of hydrogen-bond donors (Lipinski definition) is 1. The van der Waals surface area contributed by atoms with Crippen molar-refractivity contribution in [2.45, 2.75) is 32.6 Å². The Hall–Kier alpha value is -1.29. The van der Waals surface area contributed by atoms with Gasteiger partial charge in [-0.2, -0.15) is 0 Å². The Morgan fingerprint density at radius 1 is 1.37 bits per heavy atom. The Morgan fingerprint density at radius 3 is 2.63 bits per heavy atom. The fraction of sp³-hybridized carbons (Fsp3) is 0.533. The third kappa shape index (κ3) is 3.60. The highest BCUT2D eigenvalue weighted by Gasteiger charge is 2.44. The van der Waals surface area contributed by atoms with Gasteiger partial charge < -0.3 is 15.2 Å². The summed E-state index contributed by atoms with van der Waals surface area (Å²) in [5.74, 6) is 1.60. The van der Waals surface area contributed by atoms with Crippen LogP contribution in [0.3, 0.4) is 0 Å². The fourth-order valence-corrected chi connectivity index (χ4v) is 2.51. The van der Waals surface area contributed by atoms with Crippen molar-refractivity contribution in [3.8, 4) is 11.5 Å². The predicted molar refractivity (Wildman–Crippen MR) is 80.9 cm³/mol. The van der Waals surface area contributed by atoms with Gasteiger partial charge >= 0.3 is 0 Å². The zero-order valence-corrected chi connectivity index (χ0v) is 12.4. The minimum atomic E-state index is 0.167. The lowest BCUT2D eigenvalue weighted by Crippen LogP contribution is -2.21. The maximum absolute atomic E-state index is 5.92. The Balaban J connectivity index is 2.01. The monoisotopic (exact) mass is 279 g/mol. The SMILES string of the molecule is CCc1ccc(OCC2(CC(N)=S)CC2)c(OC)c1. The van der Waals surface area contributed by atoms with Crippen molar-refractivity contribution in [1.29, 1.82) is 0 Å². The van der Waals surface area contributed by atoms with Crippen LogP contribution in [0.1, 0.15) is 31.7 Å². The Labute approximate surface area is 120 Å². The van der Waals surface area contributed by atoms with Crippen LogP contribution in [0, 0.1) is 5.41 Å². The molecule has 1 aliphatic rings. The Bertz CT molecular complexity index is 469. The number of hydrogen-bond acceptors (Lipinski definition) is 3. The molecule has 1 saturated carbocycles. The van der Waals surface area contributed by atoms with E-state index in [9.17, 15) is 0 Å². The lowest BCUT2D eigenvalue weighted by molar-refractivity contribution is 0.229. The van der Waals surface area contributed by atoms with Gasteiger partial charge in [0.25, 0.3) is 0 Å². The molecule has 3 nitrogen and oxygen atoms in total. The molecule has 0 saturated heterocycles.